The zero-order valence-corrected chi connectivity index (χ0v) is 20.6. The third-order valence-corrected chi connectivity index (χ3v) is 6.90. The largest absolute Gasteiger partial charge is 0.384 e. The van der Waals surface area contributed by atoms with Crippen molar-refractivity contribution in [2.24, 2.45) is 7.05 Å². The first-order valence-electron chi connectivity index (χ1n) is 11.0. The van der Waals surface area contributed by atoms with Crippen LogP contribution in [0.1, 0.15) is 29.7 Å². The number of nitriles is 1. The van der Waals surface area contributed by atoms with Crippen LogP contribution in [0.15, 0.2) is 65.6 Å². The zero-order chi connectivity index (χ0) is 24.5. The van der Waals surface area contributed by atoms with Crippen molar-refractivity contribution in [3.8, 4) is 6.07 Å². The van der Waals surface area contributed by atoms with Crippen molar-refractivity contribution in [1.82, 2.24) is 9.47 Å². The van der Waals surface area contributed by atoms with Crippen LogP contribution in [0.5, 0.6) is 0 Å². The summed E-state index contributed by atoms with van der Waals surface area (Å²) < 4.78 is 1.48. The Kier molecular flexibility index (Phi) is 7.01. The Bertz CT molecular complexity index is 1280. The van der Waals surface area contributed by atoms with Gasteiger partial charge in [-0.2, -0.15) is 5.26 Å². The maximum atomic E-state index is 11.8. The monoisotopic (exact) mass is 496 g/mol. The van der Waals surface area contributed by atoms with Gasteiger partial charge in [0.1, 0.15) is 5.60 Å². The summed E-state index contributed by atoms with van der Waals surface area (Å²) in [6.45, 7) is 4.22. The molecule has 0 amide bonds. The number of rotatable bonds is 5. The molecule has 0 saturated carbocycles. The Balaban J connectivity index is 1.63. The van der Waals surface area contributed by atoms with Crippen molar-refractivity contribution in [3.63, 3.8) is 0 Å². The van der Waals surface area contributed by atoms with E-state index in [9.17, 15) is 15.2 Å². The molecule has 1 fully saturated rings. The van der Waals surface area contributed by atoms with E-state index in [-0.39, 0.29) is 11.6 Å². The molecule has 2 aromatic carbocycles. The van der Waals surface area contributed by atoms with Gasteiger partial charge in [0.2, 0.25) is 5.56 Å². The summed E-state index contributed by atoms with van der Waals surface area (Å²) in [6, 6.07) is 18.4. The van der Waals surface area contributed by atoms with Gasteiger partial charge in [0.15, 0.2) is 0 Å². The number of pyridine rings is 1. The van der Waals surface area contributed by atoms with Crippen LogP contribution >= 0.6 is 23.2 Å². The van der Waals surface area contributed by atoms with E-state index >= 15 is 0 Å². The third kappa shape index (κ3) is 5.13. The second-order valence-corrected chi connectivity index (χ2v) is 9.76. The summed E-state index contributed by atoms with van der Waals surface area (Å²) in [5.41, 5.74) is 1.90. The molecule has 1 aliphatic heterocycles. The smallest absolute Gasteiger partial charge is 0.250 e. The molecule has 2 atom stereocenters. The number of aromatic nitrogens is 1. The average molecular weight is 497 g/mol. The minimum atomic E-state index is -1.13. The molecule has 6 nitrogen and oxygen atoms in total. The van der Waals surface area contributed by atoms with Crippen molar-refractivity contribution in [2.75, 3.05) is 31.1 Å². The Labute approximate surface area is 209 Å². The molecule has 2 heterocycles. The lowest BCUT2D eigenvalue weighted by Gasteiger charge is -2.45. The molecule has 1 saturated heterocycles. The summed E-state index contributed by atoms with van der Waals surface area (Å²) in [6.07, 6.45) is 1.69. The van der Waals surface area contributed by atoms with E-state index in [1.54, 1.807) is 38.4 Å². The van der Waals surface area contributed by atoms with Gasteiger partial charge >= 0.3 is 0 Å². The normalized spacial score (nSPS) is 18.4. The van der Waals surface area contributed by atoms with Crippen molar-refractivity contribution >= 4 is 28.9 Å². The van der Waals surface area contributed by atoms with E-state index in [0.717, 1.165) is 11.3 Å². The summed E-state index contributed by atoms with van der Waals surface area (Å²) in [5, 5.41) is 21.7. The summed E-state index contributed by atoms with van der Waals surface area (Å²) in [5.74, 6) is 0. The molecule has 0 radical (unpaired) electrons. The molecule has 4 rings (SSSR count). The van der Waals surface area contributed by atoms with Gasteiger partial charge in [-0.05, 0) is 48.9 Å². The zero-order valence-electron chi connectivity index (χ0n) is 19.1. The number of β-amino-alcohol motifs (C(OH)–C–C–N with tert-alkyl or cyclic N) is 1. The summed E-state index contributed by atoms with van der Waals surface area (Å²) in [7, 11) is 1.68. The predicted molar refractivity (Wildman–Crippen MR) is 135 cm³/mol. The van der Waals surface area contributed by atoms with Gasteiger partial charge in [0.05, 0.1) is 28.4 Å². The lowest BCUT2D eigenvalue weighted by Crippen LogP contribution is -2.52. The molecule has 34 heavy (non-hydrogen) atoms. The molecular weight excluding hydrogens is 471 g/mol. The maximum absolute atomic E-state index is 11.8. The van der Waals surface area contributed by atoms with Crippen molar-refractivity contribution in [3.05, 3.63) is 97.9 Å². The number of piperazine rings is 1. The fraction of sp³-hybridized carbons (Fsp3) is 0.308. The molecule has 1 aliphatic rings. The van der Waals surface area contributed by atoms with Crippen LogP contribution in [0.4, 0.5) is 5.69 Å². The number of anilines is 1. The average Bonchev–Trinajstić information content (AvgIpc) is 2.81. The molecule has 8 heteroatoms. The predicted octanol–water partition coefficient (Wildman–Crippen LogP) is 4.33. The molecule has 1 aromatic heterocycles. The first-order chi connectivity index (χ1) is 16.2. The minimum absolute atomic E-state index is 0.0348. The Hall–Kier alpha value is -2.82. The lowest BCUT2D eigenvalue weighted by atomic mass is 9.95. The minimum Gasteiger partial charge on any atom is -0.384 e. The number of aryl methyl sites for hydroxylation is 1. The van der Waals surface area contributed by atoms with E-state index in [2.05, 4.69) is 15.9 Å². The van der Waals surface area contributed by atoms with Gasteiger partial charge in [-0.3, -0.25) is 9.69 Å². The van der Waals surface area contributed by atoms with Gasteiger partial charge < -0.3 is 14.6 Å². The summed E-state index contributed by atoms with van der Waals surface area (Å²) >= 11 is 12.7. The number of nitrogens with zero attached hydrogens (tertiary/aromatic N) is 4. The van der Waals surface area contributed by atoms with E-state index in [0.29, 0.717) is 47.4 Å². The molecule has 0 unspecified atom stereocenters. The highest BCUT2D eigenvalue weighted by molar-refractivity contribution is 6.33. The second kappa shape index (κ2) is 9.81. The van der Waals surface area contributed by atoms with Gasteiger partial charge in [-0.1, -0.05) is 35.3 Å². The molecule has 3 aromatic rings. The molecule has 1 N–H and O–H groups in total. The van der Waals surface area contributed by atoms with Crippen LogP contribution in [0, 0.1) is 11.3 Å². The van der Waals surface area contributed by atoms with Crippen LogP contribution < -0.4 is 10.5 Å². The first-order valence-corrected chi connectivity index (χ1v) is 11.8. The van der Waals surface area contributed by atoms with Crippen LogP contribution in [0.3, 0.4) is 0 Å². The molecule has 0 spiro atoms. The Morgan fingerprint density at radius 3 is 2.50 bits per heavy atom. The number of aliphatic hydroxyl groups is 1. The van der Waals surface area contributed by atoms with E-state index < -0.39 is 5.60 Å². The number of hydrogen-bond donors (Lipinski definition) is 1. The lowest BCUT2D eigenvalue weighted by molar-refractivity contribution is 0.00977. The summed E-state index contributed by atoms with van der Waals surface area (Å²) in [4.78, 5) is 16.2. The Morgan fingerprint density at radius 1 is 1.12 bits per heavy atom. The van der Waals surface area contributed by atoms with Crippen LogP contribution in [-0.2, 0) is 12.6 Å². The maximum Gasteiger partial charge on any atom is 0.250 e. The molecule has 0 aliphatic carbocycles. The fourth-order valence-corrected chi connectivity index (χ4v) is 4.91. The van der Waals surface area contributed by atoms with Crippen LogP contribution in [0.2, 0.25) is 10.0 Å². The van der Waals surface area contributed by atoms with Crippen molar-refractivity contribution in [1.29, 1.82) is 5.26 Å². The highest BCUT2D eigenvalue weighted by atomic mass is 35.5. The number of hydrogen-bond acceptors (Lipinski definition) is 5. The van der Waals surface area contributed by atoms with Crippen LogP contribution in [-0.4, -0.2) is 40.8 Å². The second-order valence-electron chi connectivity index (χ2n) is 8.91. The molecule has 176 valence electrons. The standard InChI is InChI=1S/C26H26Cl2N4O2/c1-26(34,20-6-10-25(33)30(2)15-20)17-31-11-12-32(23-9-3-18(14-29)13-22(23)28)24(16-31)19-4-7-21(27)8-5-19/h3-10,13,15,24,34H,11-12,16-17H2,1-2H3/t24-,26+/m0/s1. The highest BCUT2D eigenvalue weighted by Gasteiger charge is 2.34. The first kappa shape index (κ1) is 24.3. The third-order valence-electron chi connectivity index (χ3n) is 6.34. The fourth-order valence-electron chi connectivity index (χ4n) is 4.49. The number of halogens is 2. The van der Waals surface area contributed by atoms with Crippen molar-refractivity contribution in [2.45, 2.75) is 18.6 Å². The van der Waals surface area contributed by atoms with Gasteiger partial charge in [0, 0.05) is 56.1 Å². The van der Waals surface area contributed by atoms with E-state index in [4.69, 9.17) is 23.2 Å². The van der Waals surface area contributed by atoms with Gasteiger partial charge in [0.25, 0.3) is 0 Å². The number of benzene rings is 2. The van der Waals surface area contributed by atoms with E-state index in [1.165, 1.54) is 10.6 Å². The molecular formula is C26H26Cl2N4O2. The SMILES string of the molecule is Cn1cc([C@](C)(O)CN2CCN(c3ccc(C#N)cc3Cl)[C@H](c3ccc(Cl)cc3)C2)ccc1=O. The van der Waals surface area contributed by atoms with Gasteiger partial charge in [-0.25, -0.2) is 0 Å². The quantitative estimate of drug-likeness (QED) is 0.568. The van der Waals surface area contributed by atoms with E-state index in [1.807, 2.05) is 30.3 Å². The highest BCUT2D eigenvalue weighted by Crippen LogP contribution is 2.36. The van der Waals surface area contributed by atoms with Crippen LogP contribution in [0.25, 0.3) is 0 Å². The molecule has 0 bridgehead atoms. The van der Waals surface area contributed by atoms with Crippen molar-refractivity contribution < 1.29 is 5.11 Å². The topological polar surface area (TPSA) is 72.5 Å². The van der Waals surface area contributed by atoms with Gasteiger partial charge in [-0.15, -0.1) is 0 Å². The Morgan fingerprint density at radius 2 is 1.85 bits per heavy atom.